The number of benzene rings is 2. The molecule has 2 rings (SSSR count). The first kappa shape index (κ1) is 20.9. The van der Waals surface area contributed by atoms with Gasteiger partial charge in [-0.1, -0.05) is 36.8 Å². The minimum Gasteiger partial charge on any atom is -0.497 e. The molecule has 1 atom stereocenters. The number of nitrogens with zero attached hydrogens (tertiary/aromatic N) is 1. The first-order valence-corrected chi connectivity index (χ1v) is 10.2. The number of hydrogen-bond acceptors (Lipinski definition) is 4. The zero-order chi connectivity index (χ0) is 20.0. The van der Waals surface area contributed by atoms with Gasteiger partial charge in [-0.25, -0.2) is 8.42 Å². The Morgan fingerprint density at radius 3 is 2.22 bits per heavy atom. The topological polar surface area (TPSA) is 75.7 Å². The van der Waals surface area contributed by atoms with Gasteiger partial charge in [-0.2, -0.15) is 4.31 Å². The molecule has 0 heterocycles. The molecular formula is C20H26N2O4S. The molecule has 0 fully saturated rings. The van der Waals surface area contributed by atoms with Crippen LogP contribution in [-0.2, 0) is 14.8 Å². The van der Waals surface area contributed by atoms with Crippen LogP contribution in [0.3, 0.4) is 0 Å². The van der Waals surface area contributed by atoms with E-state index in [2.05, 4.69) is 5.32 Å². The number of likely N-dealkylation sites (N-methyl/N-ethyl adjacent to an activating group) is 1. The number of hydrogen-bond donors (Lipinski definition) is 1. The summed E-state index contributed by atoms with van der Waals surface area (Å²) in [5.41, 5.74) is 1.91. The Labute approximate surface area is 161 Å². The normalized spacial score (nSPS) is 12.6. The number of amides is 1. The van der Waals surface area contributed by atoms with E-state index < -0.39 is 10.0 Å². The van der Waals surface area contributed by atoms with E-state index in [-0.39, 0.29) is 23.4 Å². The van der Waals surface area contributed by atoms with Crippen LogP contribution in [0.2, 0.25) is 0 Å². The SMILES string of the molecule is CC[C@@H](NC(=O)CN(C)S(=O)(=O)c1ccc(C)cc1)c1ccc(OC)cc1. The molecule has 0 radical (unpaired) electrons. The van der Waals surface area contributed by atoms with Gasteiger partial charge in [0.2, 0.25) is 15.9 Å². The Morgan fingerprint density at radius 2 is 1.70 bits per heavy atom. The van der Waals surface area contributed by atoms with Crippen molar-refractivity contribution in [3.8, 4) is 5.75 Å². The standard InChI is InChI=1S/C20H26N2O4S/c1-5-19(16-8-10-17(26-4)11-9-16)21-20(23)14-22(3)27(24,25)18-12-6-15(2)7-13-18/h6-13,19H,5,14H2,1-4H3,(H,21,23)/t19-/m1/s1. The monoisotopic (exact) mass is 390 g/mol. The Kier molecular flexibility index (Phi) is 6.98. The van der Waals surface area contributed by atoms with E-state index >= 15 is 0 Å². The quantitative estimate of drug-likeness (QED) is 0.752. The highest BCUT2D eigenvalue weighted by atomic mass is 32.2. The fourth-order valence-electron chi connectivity index (χ4n) is 2.67. The Hall–Kier alpha value is -2.38. The van der Waals surface area contributed by atoms with Crippen molar-refractivity contribution in [3.63, 3.8) is 0 Å². The van der Waals surface area contributed by atoms with Gasteiger partial charge >= 0.3 is 0 Å². The molecule has 6 nitrogen and oxygen atoms in total. The molecule has 0 saturated carbocycles. The summed E-state index contributed by atoms with van der Waals surface area (Å²) in [5, 5.41) is 2.90. The van der Waals surface area contributed by atoms with E-state index in [0.29, 0.717) is 6.42 Å². The maximum atomic E-state index is 12.6. The van der Waals surface area contributed by atoms with E-state index in [0.717, 1.165) is 21.2 Å². The van der Waals surface area contributed by atoms with E-state index in [1.165, 1.54) is 7.05 Å². The molecular weight excluding hydrogens is 364 g/mol. The molecule has 0 aliphatic heterocycles. The van der Waals surface area contributed by atoms with Crippen molar-refractivity contribution >= 4 is 15.9 Å². The Balaban J connectivity index is 2.04. The second-order valence-electron chi connectivity index (χ2n) is 6.38. The van der Waals surface area contributed by atoms with Crippen LogP contribution < -0.4 is 10.1 Å². The zero-order valence-electron chi connectivity index (χ0n) is 16.1. The Bertz CT molecular complexity index is 862. The van der Waals surface area contributed by atoms with Crippen molar-refractivity contribution in [2.75, 3.05) is 20.7 Å². The van der Waals surface area contributed by atoms with Crippen molar-refractivity contribution in [3.05, 3.63) is 59.7 Å². The highest BCUT2D eigenvalue weighted by Gasteiger charge is 2.24. The average molecular weight is 391 g/mol. The first-order chi connectivity index (χ1) is 12.8. The van der Waals surface area contributed by atoms with Crippen LogP contribution in [0.25, 0.3) is 0 Å². The van der Waals surface area contributed by atoms with Gasteiger partial charge in [0, 0.05) is 7.05 Å². The summed E-state index contributed by atoms with van der Waals surface area (Å²) in [6.07, 6.45) is 0.687. The summed E-state index contributed by atoms with van der Waals surface area (Å²) in [6, 6.07) is 13.8. The van der Waals surface area contributed by atoms with Gasteiger partial charge in [0.15, 0.2) is 0 Å². The van der Waals surface area contributed by atoms with Gasteiger partial charge in [-0.15, -0.1) is 0 Å². The third-order valence-electron chi connectivity index (χ3n) is 4.36. The number of rotatable bonds is 8. The minimum atomic E-state index is -3.71. The third-order valence-corrected chi connectivity index (χ3v) is 6.17. The van der Waals surface area contributed by atoms with Gasteiger partial charge in [0.25, 0.3) is 0 Å². The molecule has 2 aromatic carbocycles. The highest BCUT2D eigenvalue weighted by molar-refractivity contribution is 7.89. The summed E-state index contributed by atoms with van der Waals surface area (Å²) in [5.74, 6) is 0.389. The van der Waals surface area contributed by atoms with Crippen molar-refractivity contribution in [2.24, 2.45) is 0 Å². The van der Waals surface area contributed by atoms with Crippen molar-refractivity contribution in [1.82, 2.24) is 9.62 Å². The number of methoxy groups -OCH3 is 1. The molecule has 0 spiro atoms. The van der Waals surface area contributed by atoms with Crippen molar-refractivity contribution in [2.45, 2.75) is 31.2 Å². The maximum Gasteiger partial charge on any atom is 0.243 e. The minimum absolute atomic E-state index is 0.172. The van der Waals surface area contributed by atoms with E-state index in [1.807, 2.05) is 38.1 Å². The number of ether oxygens (including phenoxy) is 1. The number of carbonyl (C=O) groups excluding carboxylic acids is 1. The molecule has 146 valence electrons. The zero-order valence-corrected chi connectivity index (χ0v) is 16.9. The molecule has 2 aromatic rings. The van der Waals surface area contributed by atoms with Crippen LogP contribution in [0.15, 0.2) is 53.4 Å². The largest absolute Gasteiger partial charge is 0.497 e. The molecule has 0 bridgehead atoms. The summed E-state index contributed by atoms with van der Waals surface area (Å²) in [7, 11) is -0.709. The number of nitrogens with one attached hydrogen (secondary N) is 1. The van der Waals surface area contributed by atoms with Crippen molar-refractivity contribution in [1.29, 1.82) is 0 Å². The van der Waals surface area contributed by atoms with Gasteiger partial charge in [-0.3, -0.25) is 4.79 Å². The van der Waals surface area contributed by atoms with Crippen LogP contribution >= 0.6 is 0 Å². The summed E-state index contributed by atoms with van der Waals surface area (Å²) in [6.45, 7) is 3.60. The molecule has 0 aliphatic carbocycles. The fraction of sp³-hybridized carbons (Fsp3) is 0.350. The average Bonchev–Trinajstić information content (AvgIpc) is 2.66. The van der Waals surface area contributed by atoms with E-state index in [9.17, 15) is 13.2 Å². The Morgan fingerprint density at radius 1 is 1.11 bits per heavy atom. The highest BCUT2D eigenvalue weighted by Crippen LogP contribution is 2.20. The molecule has 0 saturated heterocycles. The van der Waals surface area contributed by atoms with Crippen LogP contribution in [0, 0.1) is 6.92 Å². The number of carbonyl (C=O) groups is 1. The van der Waals surface area contributed by atoms with Crippen LogP contribution in [0.5, 0.6) is 5.75 Å². The smallest absolute Gasteiger partial charge is 0.243 e. The third kappa shape index (κ3) is 5.30. The fourth-order valence-corrected chi connectivity index (χ4v) is 3.80. The molecule has 0 aliphatic rings. The van der Waals surface area contributed by atoms with E-state index in [4.69, 9.17) is 4.74 Å². The molecule has 0 unspecified atom stereocenters. The lowest BCUT2D eigenvalue weighted by Crippen LogP contribution is -2.39. The second kappa shape index (κ2) is 9.01. The van der Waals surface area contributed by atoms with Gasteiger partial charge in [-0.05, 0) is 43.2 Å². The van der Waals surface area contributed by atoms with Crippen LogP contribution in [-0.4, -0.2) is 39.3 Å². The summed E-state index contributed by atoms with van der Waals surface area (Å²) >= 11 is 0. The van der Waals surface area contributed by atoms with Crippen LogP contribution in [0.4, 0.5) is 0 Å². The number of aryl methyl sites for hydroxylation is 1. The predicted molar refractivity (Wildman–Crippen MR) is 105 cm³/mol. The molecule has 0 aromatic heterocycles. The van der Waals surface area contributed by atoms with Crippen molar-refractivity contribution < 1.29 is 17.9 Å². The summed E-state index contributed by atoms with van der Waals surface area (Å²) in [4.78, 5) is 12.6. The lowest BCUT2D eigenvalue weighted by Gasteiger charge is -2.21. The molecule has 27 heavy (non-hydrogen) atoms. The molecule has 1 amide bonds. The lowest BCUT2D eigenvalue weighted by atomic mass is 10.0. The maximum absolute atomic E-state index is 12.6. The van der Waals surface area contributed by atoms with E-state index in [1.54, 1.807) is 31.4 Å². The number of sulfonamides is 1. The molecule has 7 heteroatoms. The predicted octanol–water partition coefficient (Wildman–Crippen LogP) is 2.89. The lowest BCUT2D eigenvalue weighted by molar-refractivity contribution is -0.121. The first-order valence-electron chi connectivity index (χ1n) is 8.74. The van der Waals surface area contributed by atoms with Gasteiger partial charge < -0.3 is 10.1 Å². The summed E-state index contributed by atoms with van der Waals surface area (Å²) < 4.78 is 31.4. The van der Waals surface area contributed by atoms with Crippen LogP contribution in [0.1, 0.15) is 30.5 Å². The van der Waals surface area contributed by atoms with Gasteiger partial charge in [0.1, 0.15) is 5.75 Å². The second-order valence-corrected chi connectivity index (χ2v) is 8.42. The van der Waals surface area contributed by atoms with Gasteiger partial charge in [0.05, 0.1) is 24.6 Å². The molecule has 1 N–H and O–H groups in total.